The monoisotopic (exact) mass is 363 g/mol. The third-order valence-electron chi connectivity index (χ3n) is 8.33. The van der Waals surface area contributed by atoms with Crippen LogP contribution in [0, 0.1) is 11.8 Å². The number of fused-ring (bicyclic) bond motifs is 4. The van der Waals surface area contributed by atoms with Crippen LogP contribution in [-0.2, 0) is 21.4 Å². The highest BCUT2D eigenvalue weighted by Crippen LogP contribution is 2.60. The highest BCUT2D eigenvalue weighted by molar-refractivity contribution is 6.06. The first-order valence-electron chi connectivity index (χ1n) is 10.1. The second-order valence-corrected chi connectivity index (χ2v) is 9.68. The number of nitrogens with zero attached hydrogens (tertiary/aromatic N) is 1. The number of carbonyl (C=O) groups excluding carboxylic acids is 2. The summed E-state index contributed by atoms with van der Waals surface area (Å²) in [6, 6.07) is 8.31. The van der Waals surface area contributed by atoms with Crippen molar-refractivity contribution in [1.82, 2.24) is 15.2 Å². The Kier molecular flexibility index (Phi) is 2.56. The van der Waals surface area contributed by atoms with Gasteiger partial charge in [0.15, 0.2) is 0 Å². The number of carbonyl (C=O) groups is 2. The Morgan fingerprint density at radius 3 is 2.78 bits per heavy atom. The van der Waals surface area contributed by atoms with Gasteiger partial charge in [-0.15, -0.1) is 0 Å². The molecule has 5 heteroatoms. The highest BCUT2D eigenvalue weighted by Gasteiger charge is 2.74. The maximum atomic E-state index is 13.8. The van der Waals surface area contributed by atoms with Gasteiger partial charge in [-0.3, -0.25) is 9.59 Å². The molecule has 2 aromatic rings. The van der Waals surface area contributed by atoms with Crippen LogP contribution < -0.4 is 5.32 Å². The lowest BCUT2D eigenvalue weighted by molar-refractivity contribution is -0.182. The van der Waals surface area contributed by atoms with E-state index in [0.717, 1.165) is 18.4 Å². The van der Waals surface area contributed by atoms with E-state index in [-0.39, 0.29) is 29.1 Å². The number of benzene rings is 1. The van der Waals surface area contributed by atoms with E-state index in [1.54, 1.807) is 0 Å². The number of amides is 2. The molecule has 4 fully saturated rings. The van der Waals surface area contributed by atoms with Gasteiger partial charge in [0, 0.05) is 40.9 Å². The van der Waals surface area contributed by atoms with Gasteiger partial charge in [0.1, 0.15) is 11.1 Å². The van der Waals surface area contributed by atoms with Crippen molar-refractivity contribution in [3.05, 3.63) is 35.5 Å². The van der Waals surface area contributed by atoms with Crippen LogP contribution in [0.3, 0.4) is 0 Å². The number of hydrogen-bond acceptors (Lipinski definition) is 2. The number of hydrogen-bond donors (Lipinski definition) is 2. The summed E-state index contributed by atoms with van der Waals surface area (Å²) in [6.07, 6.45) is 2.27. The summed E-state index contributed by atoms with van der Waals surface area (Å²) >= 11 is 0. The van der Waals surface area contributed by atoms with Crippen LogP contribution in [0.1, 0.15) is 44.9 Å². The number of aromatic amines is 1. The van der Waals surface area contributed by atoms with Crippen molar-refractivity contribution in [2.75, 3.05) is 6.54 Å². The van der Waals surface area contributed by atoms with Gasteiger partial charge in [0.2, 0.25) is 11.8 Å². The maximum Gasteiger partial charge on any atom is 0.249 e. The first kappa shape index (κ1) is 15.7. The molecule has 2 amide bonds. The van der Waals surface area contributed by atoms with Crippen molar-refractivity contribution in [1.29, 1.82) is 0 Å². The Bertz CT molecular complexity index is 1040. The van der Waals surface area contributed by atoms with Crippen LogP contribution in [0.4, 0.5) is 0 Å². The van der Waals surface area contributed by atoms with Gasteiger partial charge in [-0.05, 0) is 30.4 Å². The normalized spacial score (nSPS) is 38.6. The summed E-state index contributed by atoms with van der Waals surface area (Å²) in [4.78, 5) is 32.6. The van der Waals surface area contributed by atoms with E-state index >= 15 is 0 Å². The summed E-state index contributed by atoms with van der Waals surface area (Å²) in [5.74, 6) is 0.529. The Morgan fingerprint density at radius 1 is 1.19 bits per heavy atom. The molecule has 1 aliphatic carbocycles. The van der Waals surface area contributed by atoms with Gasteiger partial charge in [0.05, 0.1) is 0 Å². The zero-order valence-electron chi connectivity index (χ0n) is 16.1. The van der Waals surface area contributed by atoms with Crippen molar-refractivity contribution in [3.8, 4) is 0 Å². The minimum Gasteiger partial charge on any atom is -0.358 e. The lowest BCUT2D eigenvalue weighted by Gasteiger charge is -2.64. The Balaban J connectivity index is 1.63. The number of aromatic nitrogens is 1. The Morgan fingerprint density at radius 2 is 1.96 bits per heavy atom. The number of piperazine rings is 1. The van der Waals surface area contributed by atoms with Crippen LogP contribution >= 0.6 is 0 Å². The third-order valence-corrected chi connectivity index (χ3v) is 8.33. The van der Waals surface area contributed by atoms with Crippen LogP contribution in [0.25, 0.3) is 10.9 Å². The fourth-order valence-electron chi connectivity index (χ4n) is 6.89. The summed E-state index contributed by atoms with van der Waals surface area (Å²) in [5.41, 5.74) is 1.89. The summed E-state index contributed by atoms with van der Waals surface area (Å²) < 4.78 is 0. The van der Waals surface area contributed by atoms with E-state index in [1.165, 1.54) is 16.6 Å². The molecule has 5 aliphatic rings. The van der Waals surface area contributed by atoms with E-state index in [0.29, 0.717) is 13.0 Å². The van der Waals surface area contributed by atoms with Crippen molar-refractivity contribution >= 4 is 22.7 Å². The standard InChI is InChI=1S/C22H25N3O2/c1-12-8-9-25-19(27)21-10-14-13-6-4-5-7-15(13)23-17(14)20(2,3)16(21)11-22(12,25)18(26)24-21/h4-7,12,16,23H,8-11H2,1-3H3,(H,24,26)/t12-,16-,21-,22+/m0/s1. The summed E-state index contributed by atoms with van der Waals surface area (Å²) in [7, 11) is 0. The predicted molar refractivity (Wildman–Crippen MR) is 102 cm³/mol. The smallest absolute Gasteiger partial charge is 0.249 e. The van der Waals surface area contributed by atoms with Crippen LogP contribution in [0.5, 0.6) is 0 Å². The fourth-order valence-corrected chi connectivity index (χ4v) is 6.89. The molecule has 1 aromatic heterocycles. The number of rotatable bonds is 0. The molecule has 4 saturated heterocycles. The largest absolute Gasteiger partial charge is 0.358 e. The zero-order valence-corrected chi connectivity index (χ0v) is 16.1. The lowest BCUT2D eigenvalue weighted by atomic mass is 9.50. The minimum atomic E-state index is -0.801. The molecule has 7 rings (SSSR count). The van der Waals surface area contributed by atoms with Gasteiger partial charge in [-0.2, -0.15) is 0 Å². The van der Waals surface area contributed by atoms with Gasteiger partial charge in [-0.25, -0.2) is 0 Å². The van der Waals surface area contributed by atoms with E-state index in [9.17, 15) is 9.59 Å². The molecule has 27 heavy (non-hydrogen) atoms. The van der Waals surface area contributed by atoms with Gasteiger partial charge in [0.25, 0.3) is 0 Å². The van der Waals surface area contributed by atoms with Crippen LogP contribution in [-0.4, -0.2) is 39.3 Å². The number of H-pyrrole nitrogens is 1. The molecule has 1 aromatic carbocycles. The average Bonchev–Trinajstić information content (AvgIpc) is 3.17. The quantitative estimate of drug-likeness (QED) is 0.755. The minimum absolute atomic E-state index is 0.0717. The molecule has 2 bridgehead atoms. The highest BCUT2D eigenvalue weighted by atomic mass is 16.2. The lowest BCUT2D eigenvalue weighted by Crippen LogP contribution is -2.85. The number of para-hydroxylation sites is 1. The van der Waals surface area contributed by atoms with E-state index < -0.39 is 11.1 Å². The predicted octanol–water partition coefficient (Wildman–Crippen LogP) is 2.50. The molecule has 140 valence electrons. The molecular weight excluding hydrogens is 338 g/mol. The van der Waals surface area contributed by atoms with E-state index in [2.05, 4.69) is 43.2 Å². The molecule has 2 N–H and O–H groups in total. The second-order valence-electron chi connectivity index (χ2n) is 9.68. The molecular formula is C22H25N3O2. The van der Waals surface area contributed by atoms with Crippen LogP contribution in [0.15, 0.2) is 24.3 Å². The van der Waals surface area contributed by atoms with Crippen molar-refractivity contribution in [3.63, 3.8) is 0 Å². The first-order chi connectivity index (χ1) is 12.8. The van der Waals surface area contributed by atoms with Crippen molar-refractivity contribution < 1.29 is 9.59 Å². The molecule has 4 atom stereocenters. The second kappa shape index (κ2) is 4.40. The van der Waals surface area contributed by atoms with Gasteiger partial charge < -0.3 is 15.2 Å². The topological polar surface area (TPSA) is 65.2 Å². The maximum absolute atomic E-state index is 13.8. The molecule has 0 radical (unpaired) electrons. The van der Waals surface area contributed by atoms with E-state index in [4.69, 9.17) is 0 Å². The van der Waals surface area contributed by atoms with Crippen molar-refractivity contribution in [2.45, 2.75) is 56.5 Å². The van der Waals surface area contributed by atoms with Gasteiger partial charge in [-0.1, -0.05) is 39.0 Å². The van der Waals surface area contributed by atoms with E-state index in [1.807, 2.05) is 17.0 Å². The van der Waals surface area contributed by atoms with Gasteiger partial charge >= 0.3 is 0 Å². The number of piperidine rings is 2. The average molecular weight is 363 g/mol. The Hall–Kier alpha value is -2.30. The van der Waals surface area contributed by atoms with Crippen molar-refractivity contribution in [2.24, 2.45) is 11.8 Å². The fraction of sp³-hybridized carbons (Fsp3) is 0.545. The summed E-state index contributed by atoms with van der Waals surface area (Å²) in [6.45, 7) is 7.33. The van der Waals surface area contributed by atoms with Crippen LogP contribution in [0.2, 0.25) is 0 Å². The zero-order chi connectivity index (χ0) is 18.8. The molecule has 0 saturated carbocycles. The molecule has 2 spiro atoms. The molecule has 4 aliphatic heterocycles. The Labute approximate surface area is 158 Å². The molecule has 5 heterocycles. The molecule has 0 unspecified atom stereocenters. The third kappa shape index (κ3) is 1.48. The molecule has 5 nitrogen and oxygen atoms in total. The first-order valence-corrected chi connectivity index (χ1v) is 10.1. The summed E-state index contributed by atoms with van der Waals surface area (Å²) in [5, 5.41) is 4.45. The SMILES string of the molecule is C[C@H]1CCN2C(=O)[C@]34Cc5c([nH]c6ccccc56)C(C)(C)[C@@H]3C[C@]12C(=O)N4. The number of nitrogens with one attached hydrogen (secondary N) is 2.